The Balaban J connectivity index is 2.00. The van der Waals surface area contributed by atoms with Gasteiger partial charge >= 0.3 is 0 Å². The smallest absolute Gasteiger partial charge is 0.119 e. The predicted octanol–water partition coefficient (Wildman–Crippen LogP) is 3.07. The number of hydrogen-bond acceptors (Lipinski definition) is 3. The molecule has 3 heteroatoms. The van der Waals surface area contributed by atoms with Crippen molar-refractivity contribution < 1.29 is 4.74 Å². The van der Waals surface area contributed by atoms with Gasteiger partial charge in [0.05, 0.1) is 7.11 Å². The van der Waals surface area contributed by atoms with E-state index < -0.39 is 0 Å². The molecule has 1 N–H and O–H groups in total. The first kappa shape index (κ1) is 10.8. The largest absolute Gasteiger partial charge is 0.497 e. The van der Waals surface area contributed by atoms with Gasteiger partial charge < -0.3 is 10.1 Å². The van der Waals surface area contributed by atoms with Crippen LogP contribution < -0.4 is 10.1 Å². The van der Waals surface area contributed by atoms with Crippen molar-refractivity contribution in [1.82, 2.24) is 5.32 Å². The monoisotopic (exact) mass is 245 g/mol. The molecule has 2 aromatic rings. The summed E-state index contributed by atoms with van der Waals surface area (Å²) in [6, 6.07) is 10.6. The Kier molecular flexibility index (Phi) is 2.87. The van der Waals surface area contributed by atoms with Crippen LogP contribution in [0.2, 0.25) is 0 Å². The fraction of sp³-hybridized carbons (Fsp3) is 0.286. The summed E-state index contributed by atoms with van der Waals surface area (Å²) in [5.74, 6) is 0.923. The van der Waals surface area contributed by atoms with Crippen LogP contribution in [0.5, 0.6) is 5.75 Å². The van der Waals surface area contributed by atoms with Gasteiger partial charge in [-0.15, -0.1) is 11.3 Å². The van der Waals surface area contributed by atoms with Gasteiger partial charge in [-0.3, -0.25) is 0 Å². The van der Waals surface area contributed by atoms with Crippen molar-refractivity contribution in [2.75, 3.05) is 13.7 Å². The first-order valence-electron chi connectivity index (χ1n) is 5.83. The fourth-order valence-electron chi connectivity index (χ4n) is 2.17. The van der Waals surface area contributed by atoms with E-state index in [0.717, 1.165) is 25.3 Å². The minimum Gasteiger partial charge on any atom is -0.497 e. The van der Waals surface area contributed by atoms with Gasteiger partial charge in [0, 0.05) is 22.8 Å². The van der Waals surface area contributed by atoms with E-state index >= 15 is 0 Å². The van der Waals surface area contributed by atoms with Crippen LogP contribution in [-0.4, -0.2) is 13.7 Å². The van der Waals surface area contributed by atoms with Gasteiger partial charge in [0.15, 0.2) is 0 Å². The van der Waals surface area contributed by atoms with Gasteiger partial charge in [0.25, 0.3) is 0 Å². The van der Waals surface area contributed by atoms with E-state index in [2.05, 4.69) is 23.5 Å². The van der Waals surface area contributed by atoms with E-state index in [0.29, 0.717) is 0 Å². The highest BCUT2D eigenvalue weighted by Gasteiger charge is 2.13. The second-order valence-electron chi connectivity index (χ2n) is 4.22. The normalized spacial score (nSPS) is 14.4. The summed E-state index contributed by atoms with van der Waals surface area (Å²) in [7, 11) is 1.71. The van der Waals surface area contributed by atoms with E-state index in [1.807, 2.05) is 23.5 Å². The minimum absolute atomic E-state index is 0.923. The number of methoxy groups -OCH3 is 1. The van der Waals surface area contributed by atoms with Gasteiger partial charge in [-0.2, -0.15) is 0 Å². The molecule has 0 amide bonds. The van der Waals surface area contributed by atoms with Crippen molar-refractivity contribution in [3.8, 4) is 16.2 Å². The van der Waals surface area contributed by atoms with Crippen LogP contribution in [-0.2, 0) is 13.0 Å². The predicted molar refractivity (Wildman–Crippen MR) is 71.7 cm³/mol. The highest BCUT2D eigenvalue weighted by molar-refractivity contribution is 7.15. The first-order chi connectivity index (χ1) is 8.36. The Morgan fingerprint density at radius 1 is 1.29 bits per heavy atom. The molecule has 0 radical (unpaired) electrons. The summed E-state index contributed by atoms with van der Waals surface area (Å²) >= 11 is 1.91. The molecule has 0 saturated carbocycles. The molecule has 0 saturated heterocycles. The molecule has 0 fully saturated rings. The van der Waals surface area contributed by atoms with Gasteiger partial charge in [-0.25, -0.2) is 0 Å². The van der Waals surface area contributed by atoms with Crippen molar-refractivity contribution in [1.29, 1.82) is 0 Å². The van der Waals surface area contributed by atoms with Crippen LogP contribution in [0.4, 0.5) is 0 Å². The van der Waals surface area contributed by atoms with Crippen molar-refractivity contribution >= 4 is 11.3 Å². The van der Waals surface area contributed by atoms with E-state index in [4.69, 9.17) is 4.74 Å². The molecule has 2 nitrogen and oxygen atoms in total. The molecule has 17 heavy (non-hydrogen) atoms. The second-order valence-corrected chi connectivity index (χ2v) is 5.35. The molecular formula is C14H15NOS. The summed E-state index contributed by atoms with van der Waals surface area (Å²) in [6.07, 6.45) is 1.16. The molecular weight excluding hydrogens is 230 g/mol. The quantitative estimate of drug-likeness (QED) is 0.878. The maximum absolute atomic E-state index is 5.27. The van der Waals surface area contributed by atoms with E-state index in [9.17, 15) is 0 Å². The third-order valence-electron chi connectivity index (χ3n) is 3.10. The molecule has 88 valence electrons. The standard InChI is InChI=1S/C14H15NOS/c1-16-12-4-2-3-10(7-12)14-8-11-9-15-6-5-13(11)17-14/h2-4,7-8,15H,5-6,9H2,1H3. The van der Waals surface area contributed by atoms with Gasteiger partial charge in [-0.05, 0) is 35.7 Å². The summed E-state index contributed by atoms with van der Waals surface area (Å²) in [5, 5.41) is 3.41. The zero-order chi connectivity index (χ0) is 11.7. The van der Waals surface area contributed by atoms with Crippen molar-refractivity contribution in [3.05, 3.63) is 40.8 Å². The Bertz CT molecular complexity index is 509. The van der Waals surface area contributed by atoms with E-state index in [1.165, 1.54) is 20.9 Å². The molecule has 1 aromatic heterocycles. The number of rotatable bonds is 2. The summed E-state index contributed by atoms with van der Waals surface area (Å²) in [6.45, 7) is 2.11. The lowest BCUT2D eigenvalue weighted by atomic mass is 10.1. The number of ether oxygens (including phenoxy) is 1. The molecule has 1 aromatic carbocycles. The summed E-state index contributed by atoms with van der Waals surface area (Å²) in [5.41, 5.74) is 2.71. The SMILES string of the molecule is COc1cccc(-c2cc3c(s2)CCNC3)c1. The van der Waals surface area contributed by atoms with Crippen LogP contribution in [0.3, 0.4) is 0 Å². The number of benzene rings is 1. The third-order valence-corrected chi connectivity index (χ3v) is 4.38. The van der Waals surface area contributed by atoms with Crippen LogP contribution in [0, 0.1) is 0 Å². The highest BCUT2D eigenvalue weighted by atomic mass is 32.1. The molecule has 3 rings (SSSR count). The molecule has 0 aliphatic carbocycles. The van der Waals surface area contributed by atoms with Crippen LogP contribution >= 0.6 is 11.3 Å². The Labute approximate surface area is 105 Å². The summed E-state index contributed by atoms with van der Waals surface area (Å²) < 4.78 is 5.27. The fourth-order valence-corrected chi connectivity index (χ4v) is 3.35. The van der Waals surface area contributed by atoms with E-state index in [-0.39, 0.29) is 0 Å². The van der Waals surface area contributed by atoms with Gasteiger partial charge in [-0.1, -0.05) is 12.1 Å². The minimum atomic E-state index is 0.923. The number of hydrogen-bond donors (Lipinski definition) is 1. The Morgan fingerprint density at radius 3 is 3.06 bits per heavy atom. The zero-order valence-electron chi connectivity index (χ0n) is 9.82. The molecule has 1 aliphatic rings. The maximum atomic E-state index is 5.27. The average Bonchev–Trinajstić information content (AvgIpc) is 2.82. The number of fused-ring (bicyclic) bond motifs is 1. The molecule has 0 unspecified atom stereocenters. The first-order valence-corrected chi connectivity index (χ1v) is 6.65. The number of nitrogens with one attached hydrogen (secondary N) is 1. The zero-order valence-corrected chi connectivity index (χ0v) is 10.6. The molecule has 0 bridgehead atoms. The second kappa shape index (κ2) is 4.51. The highest BCUT2D eigenvalue weighted by Crippen LogP contribution is 2.34. The van der Waals surface area contributed by atoms with E-state index in [1.54, 1.807) is 7.11 Å². The molecule has 0 atom stereocenters. The lowest BCUT2D eigenvalue weighted by molar-refractivity contribution is 0.415. The Morgan fingerprint density at radius 2 is 2.24 bits per heavy atom. The molecule has 0 spiro atoms. The lowest BCUT2D eigenvalue weighted by Gasteiger charge is -2.10. The van der Waals surface area contributed by atoms with Crippen molar-refractivity contribution in [3.63, 3.8) is 0 Å². The van der Waals surface area contributed by atoms with Gasteiger partial charge in [0.1, 0.15) is 5.75 Å². The maximum Gasteiger partial charge on any atom is 0.119 e. The molecule has 1 aliphatic heterocycles. The molecule has 2 heterocycles. The topological polar surface area (TPSA) is 21.3 Å². The number of thiophene rings is 1. The van der Waals surface area contributed by atoms with Crippen molar-refractivity contribution in [2.24, 2.45) is 0 Å². The van der Waals surface area contributed by atoms with Crippen LogP contribution in [0.25, 0.3) is 10.4 Å². The lowest BCUT2D eigenvalue weighted by Crippen LogP contribution is -2.21. The Hall–Kier alpha value is -1.32. The van der Waals surface area contributed by atoms with Gasteiger partial charge in [0.2, 0.25) is 0 Å². The third kappa shape index (κ3) is 2.08. The average molecular weight is 245 g/mol. The summed E-state index contributed by atoms with van der Waals surface area (Å²) in [4.78, 5) is 2.87. The van der Waals surface area contributed by atoms with Crippen LogP contribution in [0.15, 0.2) is 30.3 Å². The van der Waals surface area contributed by atoms with Crippen molar-refractivity contribution in [2.45, 2.75) is 13.0 Å². The van der Waals surface area contributed by atoms with Crippen LogP contribution in [0.1, 0.15) is 10.4 Å².